The Balaban J connectivity index is 1.64. The molecular formula is C14H18N4O4S. The summed E-state index contributed by atoms with van der Waals surface area (Å²) in [5, 5.41) is 8.77. The van der Waals surface area contributed by atoms with Crippen LogP contribution in [0.3, 0.4) is 0 Å². The Hall–Kier alpha value is -2.39. The van der Waals surface area contributed by atoms with Crippen molar-refractivity contribution in [1.29, 1.82) is 0 Å². The summed E-state index contributed by atoms with van der Waals surface area (Å²) in [4.78, 5) is 11.5. The Morgan fingerprint density at radius 2 is 2.00 bits per heavy atom. The minimum absolute atomic E-state index is 0.0358. The van der Waals surface area contributed by atoms with Crippen molar-refractivity contribution in [2.75, 3.05) is 12.3 Å². The lowest BCUT2D eigenvalue weighted by Gasteiger charge is -2.08. The molecule has 8 nitrogen and oxygen atoms in total. The SMILES string of the molecule is O=C(NCCS(=O)(=O)NCc1ccn[nH]1)OCc1ccccc1. The first-order chi connectivity index (χ1) is 11.1. The molecule has 2 aromatic rings. The highest BCUT2D eigenvalue weighted by Crippen LogP contribution is 2.00. The van der Waals surface area contributed by atoms with Crippen molar-refractivity contribution in [3.05, 3.63) is 53.9 Å². The van der Waals surface area contributed by atoms with Gasteiger partial charge in [0.05, 0.1) is 18.0 Å². The van der Waals surface area contributed by atoms with E-state index in [4.69, 9.17) is 4.74 Å². The molecule has 0 radical (unpaired) electrons. The first-order valence-electron chi connectivity index (χ1n) is 6.95. The fraction of sp³-hybridized carbons (Fsp3) is 0.286. The minimum Gasteiger partial charge on any atom is -0.445 e. The van der Waals surface area contributed by atoms with Crippen molar-refractivity contribution in [3.63, 3.8) is 0 Å². The second-order valence-electron chi connectivity index (χ2n) is 4.71. The van der Waals surface area contributed by atoms with Crippen LogP contribution in [0.15, 0.2) is 42.6 Å². The molecule has 1 heterocycles. The van der Waals surface area contributed by atoms with Crippen molar-refractivity contribution in [2.45, 2.75) is 13.2 Å². The third-order valence-corrected chi connectivity index (χ3v) is 4.22. The average Bonchev–Trinajstić information content (AvgIpc) is 3.05. The van der Waals surface area contributed by atoms with Crippen LogP contribution in [0.1, 0.15) is 11.3 Å². The summed E-state index contributed by atoms with van der Waals surface area (Å²) in [5.74, 6) is -0.235. The number of carbonyl (C=O) groups excluding carboxylic acids is 1. The molecule has 3 N–H and O–H groups in total. The molecule has 0 saturated heterocycles. The van der Waals surface area contributed by atoms with Crippen LogP contribution in [0.5, 0.6) is 0 Å². The van der Waals surface area contributed by atoms with Crippen LogP contribution in [0, 0.1) is 0 Å². The molecule has 0 unspecified atom stereocenters. The molecule has 0 spiro atoms. The molecule has 0 aliphatic heterocycles. The molecular weight excluding hydrogens is 320 g/mol. The molecule has 0 saturated carbocycles. The predicted octanol–water partition coefficient (Wildman–Crippen LogP) is 0.756. The maximum Gasteiger partial charge on any atom is 0.407 e. The highest BCUT2D eigenvalue weighted by Gasteiger charge is 2.11. The number of nitrogens with one attached hydrogen (secondary N) is 3. The highest BCUT2D eigenvalue weighted by atomic mass is 32.2. The first-order valence-corrected chi connectivity index (χ1v) is 8.60. The summed E-state index contributed by atoms with van der Waals surface area (Å²) in [5.41, 5.74) is 1.51. The minimum atomic E-state index is -3.49. The normalized spacial score (nSPS) is 11.1. The van der Waals surface area contributed by atoms with Crippen LogP contribution in [0.2, 0.25) is 0 Å². The molecule has 0 atom stereocenters. The summed E-state index contributed by atoms with van der Waals surface area (Å²) >= 11 is 0. The van der Waals surface area contributed by atoms with Gasteiger partial charge in [0.1, 0.15) is 6.61 Å². The fourth-order valence-corrected chi connectivity index (χ4v) is 2.60. The van der Waals surface area contributed by atoms with Gasteiger partial charge in [-0.15, -0.1) is 0 Å². The van der Waals surface area contributed by atoms with Gasteiger partial charge in [-0.1, -0.05) is 30.3 Å². The third-order valence-electron chi connectivity index (χ3n) is 2.89. The number of hydrogen-bond acceptors (Lipinski definition) is 5. The molecule has 1 amide bonds. The number of nitrogens with zero attached hydrogens (tertiary/aromatic N) is 1. The van der Waals surface area contributed by atoms with Crippen molar-refractivity contribution < 1.29 is 17.9 Å². The Labute approximate surface area is 134 Å². The number of alkyl carbamates (subject to hydrolysis) is 1. The molecule has 0 fully saturated rings. The molecule has 9 heteroatoms. The summed E-state index contributed by atoms with van der Waals surface area (Å²) in [6.07, 6.45) is 0.881. The zero-order chi connectivity index (χ0) is 16.5. The quantitative estimate of drug-likeness (QED) is 0.657. The third kappa shape index (κ3) is 6.49. The van der Waals surface area contributed by atoms with E-state index >= 15 is 0 Å². The van der Waals surface area contributed by atoms with E-state index in [2.05, 4.69) is 20.2 Å². The monoisotopic (exact) mass is 338 g/mol. The number of benzene rings is 1. The van der Waals surface area contributed by atoms with Crippen molar-refractivity contribution in [2.24, 2.45) is 0 Å². The number of aromatic amines is 1. The summed E-state index contributed by atoms with van der Waals surface area (Å²) < 4.78 is 30.9. The molecule has 2 rings (SSSR count). The van der Waals surface area contributed by atoms with Crippen LogP contribution >= 0.6 is 0 Å². The summed E-state index contributed by atoms with van der Waals surface area (Å²) in [6.45, 7) is 0.226. The Morgan fingerprint density at radius 1 is 1.22 bits per heavy atom. The van der Waals surface area contributed by atoms with E-state index in [1.165, 1.54) is 6.20 Å². The lowest BCUT2D eigenvalue weighted by molar-refractivity contribution is 0.140. The van der Waals surface area contributed by atoms with Crippen molar-refractivity contribution in [3.8, 4) is 0 Å². The molecule has 1 aromatic heterocycles. The van der Waals surface area contributed by atoms with Crippen LogP contribution in [-0.4, -0.2) is 37.0 Å². The van der Waals surface area contributed by atoms with E-state index in [-0.39, 0.29) is 25.4 Å². The highest BCUT2D eigenvalue weighted by molar-refractivity contribution is 7.89. The second-order valence-corrected chi connectivity index (χ2v) is 6.64. The summed E-state index contributed by atoms with van der Waals surface area (Å²) in [7, 11) is -3.49. The topological polar surface area (TPSA) is 113 Å². The molecule has 0 aliphatic carbocycles. The Morgan fingerprint density at radius 3 is 2.70 bits per heavy atom. The largest absolute Gasteiger partial charge is 0.445 e. The van der Waals surface area contributed by atoms with E-state index < -0.39 is 16.1 Å². The van der Waals surface area contributed by atoms with Crippen molar-refractivity contribution >= 4 is 16.1 Å². The zero-order valence-corrected chi connectivity index (χ0v) is 13.2. The van der Waals surface area contributed by atoms with Gasteiger partial charge < -0.3 is 10.1 Å². The van der Waals surface area contributed by atoms with Gasteiger partial charge in [0.15, 0.2) is 0 Å². The Kier molecular flexibility index (Phi) is 6.12. The van der Waals surface area contributed by atoms with Gasteiger partial charge in [-0.05, 0) is 11.6 Å². The fourth-order valence-electron chi connectivity index (χ4n) is 1.70. The lowest BCUT2D eigenvalue weighted by Crippen LogP contribution is -2.34. The number of aromatic nitrogens is 2. The van der Waals surface area contributed by atoms with E-state index in [0.29, 0.717) is 5.69 Å². The van der Waals surface area contributed by atoms with Crippen LogP contribution in [0.25, 0.3) is 0 Å². The molecule has 0 aliphatic rings. The maximum absolute atomic E-state index is 11.7. The van der Waals surface area contributed by atoms with Gasteiger partial charge in [0, 0.05) is 12.7 Å². The summed E-state index contributed by atoms with van der Waals surface area (Å²) in [6, 6.07) is 10.9. The predicted molar refractivity (Wildman–Crippen MR) is 83.8 cm³/mol. The van der Waals surface area contributed by atoms with Gasteiger partial charge in [-0.3, -0.25) is 5.10 Å². The number of hydrogen-bond donors (Lipinski definition) is 3. The molecule has 1 aromatic carbocycles. The molecule has 124 valence electrons. The van der Waals surface area contributed by atoms with E-state index in [1.807, 2.05) is 30.3 Å². The van der Waals surface area contributed by atoms with E-state index in [1.54, 1.807) is 6.07 Å². The van der Waals surface area contributed by atoms with Gasteiger partial charge in [-0.2, -0.15) is 5.10 Å². The number of ether oxygens (including phenoxy) is 1. The molecule has 23 heavy (non-hydrogen) atoms. The van der Waals surface area contributed by atoms with Gasteiger partial charge in [0.25, 0.3) is 0 Å². The van der Waals surface area contributed by atoms with Crippen LogP contribution in [-0.2, 0) is 27.9 Å². The van der Waals surface area contributed by atoms with E-state index in [9.17, 15) is 13.2 Å². The lowest BCUT2D eigenvalue weighted by atomic mass is 10.2. The smallest absolute Gasteiger partial charge is 0.407 e. The van der Waals surface area contributed by atoms with Crippen LogP contribution < -0.4 is 10.0 Å². The average molecular weight is 338 g/mol. The number of amides is 1. The van der Waals surface area contributed by atoms with Gasteiger partial charge in [0.2, 0.25) is 10.0 Å². The van der Waals surface area contributed by atoms with Crippen molar-refractivity contribution in [1.82, 2.24) is 20.2 Å². The van der Waals surface area contributed by atoms with E-state index in [0.717, 1.165) is 5.56 Å². The standard InChI is InChI=1S/C14H18N4O4S/c19-14(22-11-12-4-2-1-3-5-12)15-8-9-23(20,21)17-10-13-6-7-16-18-13/h1-7,17H,8-11H2,(H,15,19)(H,16,18). The zero-order valence-electron chi connectivity index (χ0n) is 12.4. The van der Waals surface area contributed by atoms with Gasteiger partial charge in [-0.25, -0.2) is 17.9 Å². The maximum atomic E-state index is 11.7. The molecule has 0 bridgehead atoms. The Bertz CT molecular complexity index is 702. The number of sulfonamides is 1. The van der Waals surface area contributed by atoms with Gasteiger partial charge >= 0.3 is 6.09 Å². The number of rotatable bonds is 8. The number of carbonyl (C=O) groups is 1. The van der Waals surface area contributed by atoms with Crippen LogP contribution in [0.4, 0.5) is 4.79 Å². The first kappa shape index (κ1) is 17.0. The second kappa shape index (κ2) is 8.30. The number of H-pyrrole nitrogens is 1.